The molecule has 2 aromatic carbocycles. The fourth-order valence-corrected chi connectivity index (χ4v) is 7.57. The summed E-state index contributed by atoms with van der Waals surface area (Å²) >= 11 is 0. The van der Waals surface area contributed by atoms with E-state index in [4.69, 9.17) is 9.84 Å². The number of carbonyl (C=O) groups excluding carboxylic acids is 4. The summed E-state index contributed by atoms with van der Waals surface area (Å²) in [5.41, 5.74) is 0.340. The SMILES string of the molecule is COc1ccc(C2C3=CCC4C(=O)N(CCC(=O)O)C(=O)C4C3CC3C(=O)N(c4ccccc4)C(=O)C32C)c(O)c1. The van der Waals surface area contributed by atoms with Crippen LogP contribution < -0.4 is 9.64 Å². The molecule has 6 rings (SSSR count). The first-order chi connectivity index (χ1) is 19.6. The van der Waals surface area contributed by atoms with Crippen molar-refractivity contribution < 1.29 is 38.9 Å². The van der Waals surface area contributed by atoms with Crippen LogP contribution in [0.25, 0.3) is 0 Å². The van der Waals surface area contributed by atoms with Crippen molar-refractivity contribution in [1.82, 2.24) is 4.90 Å². The van der Waals surface area contributed by atoms with Crippen LogP contribution in [-0.4, -0.2) is 58.4 Å². The van der Waals surface area contributed by atoms with Crippen LogP contribution in [0.2, 0.25) is 0 Å². The maximum absolute atomic E-state index is 14.3. The van der Waals surface area contributed by atoms with Crippen LogP contribution in [0.15, 0.2) is 60.2 Å². The van der Waals surface area contributed by atoms with E-state index < -0.39 is 58.7 Å². The summed E-state index contributed by atoms with van der Waals surface area (Å²) in [5, 5.41) is 20.3. The van der Waals surface area contributed by atoms with Gasteiger partial charge in [-0.2, -0.15) is 0 Å². The summed E-state index contributed by atoms with van der Waals surface area (Å²) in [6, 6.07) is 13.5. The summed E-state index contributed by atoms with van der Waals surface area (Å²) in [5.74, 6) is -6.00. The van der Waals surface area contributed by atoms with Crippen molar-refractivity contribution >= 4 is 35.3 Å². The number of para-hydroxylation sites is 1. The summed E-state index contributed by atoms with van der Waals surface area (Å²) < 4.78 is 5.27. The van der Waals surface area contributed by atoms with Gasteiger partial charge in [-0.3, -0.25) is 28.9 Å². The van der Waals surface area contributed by atoms with Crippen LogP contribution in [0.4, 0.5) is 5.69 Å². The molecule has 1 saturated carbocycles. The number of allylic oxidation sites excluding steroid dienone is 2. The zero-order valence-corrected chi connectivity index (χ0v) is 22.6. The van der Waals surface area contributed by atoms with Gasteiger partial charge in [-0.05, 0) is 43.9 Å². The van der Waals surface area contributed by atoms with Crippen molar-refractivity contribution in [2.75, 3.05) is 18.6 Å². The van der Waals surface area contributed by atoms with Gasteiger partial charge in [-0.15, -0.1) is 0 Å². The Morgan fingerprint density at radius 1 is 1.02 bits per heavy atom. The Morgan fingerprint density at radius 2 is 1.76 bits per heavy atom. The molecule has 41 heavy (non-hydrogen) atoms. The number of carbonyl (C=O) groups is 5. The number of carboxylic acid groups (broad SMARTS) is 1. The van der Waals surface area contributed by atoms with Gasteiger partial charge in [0.05, 0.1) is 42.4 Å². The molecule has 212 valence electrons. The molecule has 2 N–H and O–H groups in total. The molecule has 2 aliphatic carbocycles. The Hall–Kier alpha value is -4.47. The molecule has 10 heteroatoms. The molecule has 0 spiro atoms. The highest BCUT2D eigenvalue weighted by molar-refractivity contribution is 6.24. The number of likely N-dealkylation sites (tertiary alicyclic amines) is 1. The van der Waals surface area contributed by atoms with Gasteiger partial charge in [-0.1, -0.05) is 35.9 Å². The van der Waals surface area contributed by atoms with E-state index in [1.165, 1.54) is 18.1 Å². The topological polar surface area (TPSA) is 142 Å². The molecule has 6 unspecified atom stereocenters. The molecule has 4 aliphatic rings. The number of hydrogen-bond donors (Lipinski definition) is 2. The number of anilines is 1. The number of aliphatic carboxylic acids is 1. The van der Waals surface area contributed by atoms with Gasteiger partial charge in [0.15, 0.2) is 0 Å². The average molecular weight is 559 g/mol. The first-order valence-corrected chi connectivity index (χ1v) is 13.7. The van der Waals surface area contributed by atoms with Crippen molar-refractivity contribution in [2.45, 2.75) is 32.1 Å². The standard InChI is InChI=1S/C31H30N2O8/c1-31-22(28(38)33(30(31)40)16-6-4-3-5-7-16)15-21-18(26(31)19-9-8-17(41-2)14-23(19)34)10-11-20-25(21)29(39)32(27(20)37)13-12-24(35)36/h3-10,14,20-22,25-26,34H,11-13,15H2,1-2H3,(H,35,36). The fourth-order valence-electron chi connectivity index (χ4n) is 7.57. The van der Waals surface area contributed by atoms with E-state index in [0.717, 1.165) is 10.5 Å². The summed E-state index contributed by atoms with van der Waals surface area (Å²) in [4.78, 5) is 68.7. The average Bonchev–Trinajstić information content (AvgIpc) is 3.32. The highest BCUT2D eigenvalue weighted by Gasteiger charge is 2.67. The van der Waals surface area contributed by atoms with E-state index in [2.05, 4.69) is 0 Å². The molecule has 0 radical (unpaired) electrons. The first-order valence-electron chi connectivity index (χ1n) is 13.7. The lowest BCUT2D eigenvalue weighted by Gasteiger charge is -2.49. The second-order valence-corrected chi connectivity index (χ2v) is 11.4. The molecule has 2 aromatic rings. The second kappa shape index (κ2) is 9.57. The number of benzene rings is 2. The van der Waals surface area contributed by atoms with Crippen LogP contribution in [0.3, 0.4) is 0 Å². The van der Waals surface area contributed by atoms with Crippen LogP contribution in [0.1, 0.15) is 37.7 Å². The lowest BCUT2D eigenvalue weighted by molar-refractivity contribution is -0.142. The number of aromatic hydroxyl groups is 1. The minimum Gasteiger partial charge on any atom is -0.508 e. The number of methoxy groups -OCH3 is 1. The Kier molecular flexibility index (Phi) is 6.24. The summed E-state index contributed by atoms with van der Waals surface area (Å²) in [6.07, 6.45) is 1.94. The van der Waals surface area contributed by atoms with Crippen molar-refractivity contribution in [3.8, 4) is 11.5 Å². The molecule has 2 saturated heterocycles. The molecule has 0 bridgehead atoms. The highest BCUT2D eigenvalue weighted by Crippen LogP contribution is 2.64. The lowest BCUT2D eigenvalue weighted by atomic mass is 9.51. The summed E-state index contributed by atoms with van der Waals surface area (Å²) in [6.45, 7) is 1.53. The minimum atomic E-state index is -1.27. The zero-order chi connectivity index (χ0) is 29.2. The number of imide groups is 2. The van der Waals surface area contributed by atoms with E-state index >= 15 is 0 Å². The van der Waals surface area contributed by atoms with Gasteiger partial charge in [0.1, 0.15) is 11.5 Å². The fraction of sp³-hybridized carbons (Fsp3) is 0.387. The maximum atomic E-state index is 14.3. The van der Waals surface area contributed by atoms with E-state index in [-0.39, 0.29) is 37.5 Å². The van der Waals surface area contributed by atoms with E-state index in [9.17, 15) is 29.1 Å². The molecule has 10 nitrogen and oxygen atoms in total. The Bertz CT molecular complexity index is 1520. The van der Waals surface area contributed by atoms with Crippen LogP contribution in [0, 0.1) is 29.1 Å². The molecule has 0 aromatic heterocycles. The number of nitrogens with zero attached hydrogens (tertiary/aromatic N) is 2. The molecular weight excluding hydrogens is 528 g/mol. The van der Waals surface area contributed by atoms with Gasteiger partial charge in [0.25, 0.3) is 0 Å². The number of phenolic OH excluding ortho intramolecular Hbond substituents is 1. The van der Waals surface area contributed by atoms with Crippen molar-refractivity contribution in [1.29, 1.82) is 0 Å². The third kappa shape index (κ3) is 3.80. The largest absolute Gasteiger partial charge is 0.508 e. The summed E-state index contributed by atoms with van der Waals surface area (Å²) in [7, 11) is 1.47. The van der Waals surface area contributed by atoms with E-state index in [1.54, 1.807) is 49.4 Å². The zero-order valence-electron chi connectivity index (χ0n) is 22.6. The number of hydrogen-bond acceptors (Lipinski definition) is 7. The van der Waals surface area contributed by atoms with Crippen LogP contribution in [-0.2, 0) is 24.0 Å². The quantitative estimate of drug-likeness (QED) is 0.407. The minimum absolute atomic E-state index is 0.103. The van der Waals surface area contributed by atoms with E-state index in [1.807, 2.05) is 6.08 Å². The van der Waals surface area contributed by atoms with Gasteiger partial charge in [0.2, 0.25) is 23.6 Å². The number of ether oxygens (including phenoxy) is 1. The Balaban J connectivity index is 1.49. The predicted molar refractivity (Wildman–Crippen MR) is 145 cm³/mol. The van der Waals surface area contributed by atoms with Crippen LogP contribution >= 0.6 is 0 Å². The number of phenols is 1. The van der Waals surface area contributed by atoms with E-state index in [0.29, 0.717) is 17.0 Å². The Morgan fingerprint density at radius 3 is 2.41 bits per heavy atom. The van der Waals surface area contributed by atoms with Crippen molar-refractivity contribution in [3.63, 3.8) is 0 Å². The number of fused-ring (bicyclic) bond motifs is 4. The lowest BCUT2D eigenvalue weighted by Crippen LogP contribution is -2.48. The number of amides is 4. The monoisotopic (exact) mass is 558 g/mol. The van der Waals surface area contributed by atoms with Gasteiger partial charge in [0, 0.05) is 24.1 Å². The molecule has 4 amide bonds. The molecule has 2 aliphatic heterocycles. The third-order valence-electron chi connectivity index (χ3n) is 9.48. The Labute approximate surface area is 236 Å². The van der Waals surface area contributed by atoms with Crippen molar-refractivity contribution in [3.05, 3.63) is 65.7 Å². The normalized spacial score (nSPS) is 30.6. The third-order valence-corrected chi connectivity index (χ3v) is 9.48. The molecule has 2 heterocycles. The van der Waals surface area contributed by atoms with Crippen LogP contribution in [0.5, 0.6) is 11.5 Å². The second-order valence-electron chi connectivity index (χ2n) is 11.4. The highest BCUT2D eigenvalue weighted by atomic mass is 16.5. The molecular formula is C31H30N2O8. The van der Waals surface area contributed by atoms with Gasteiger partial charge in [-0.25, -0.2) is 4.90 Å². The maximum Gasteiger partial charge on any atom is 0.305 e. The van der Waals surface area contributed by atoms with Gasteiger partial charge >= 0.3 is 5.97 Å². The van der Waals surface area contributed by atoms with Crippen molar-refractivity contribution in [2.24, 2.45) is 29.1 Å². The van der Waals surface area contributed by atoms with Gasteiger partial charge < -0.3 is 14.9 Å². The smallest absolute Gasteiger partial charge is 0.305 e. The molecule has 3 fully saturated rings. The first kappa shape index (κ1) is 26.7. The number of rotatable bonds is 6. The number of carboxylic acids is 1. The predicted octanol–water partition coefficient (Wildman–Crippen LogP) is 3.11. The molecule has 6 atom stereocenters.